The summed E-state index contributed by atoms with van der Waals surface area (Å²) in [6.07, 6.45) is 2.44. The predicted molar refractivity (Wildman–Crippen MR) is 122 cm³/mol. The molecule has 5 heteroatoms. The molecule has 0 spiro atoms. The summed E-state index contributed by atoms with van der Waals surface area (Å²) in [6.45, 7) is 2.80. The summed E-state index contributed by atoms with van der Waals surface area (Å²) in [5.74, 6) is -0.112. The summed E-state index contributed by atoms with van der Waals surface area (Å²) in [5.41, 5.74) is 4.50. The molecular formula is C26H22N2O3. The minimum Gasteiger partial charge on any atom is -0.506 e. The van der Waals surface area contributed by atoms with Gasteiger partial charge in [-0.2, -0.15) is 0 Å². The third-order valence-corrected chi connectivity index (χ3v) is 5.69. The van der Waals surface area contributed by atoms with Gasteiger partial charge in [-0.15, -0.1) is 0 Å². The first-order chi connectivity index (χ1) is 15.2. The van der Waals surface area contributed by atoms with E-state index in [0.29, 0.717) is 11.0 Å². The monoisotopic (exact) mass is 410 g/mol. The van der Waals surface area contributed by atoms with E-state index in [1.807, 2.05) is 18.2 Å². The minimum absolute atomic E-state index is 0.0525. The molecule has 0 aliphatic carbocycles. The molecule has 1 aromatic heterocycles. The summed E-state index contributed by atoms with van der Waals surface area (Å²) in [4.78, 5) is 19.1. The Morgan fingerprint density at radius 2 is 1.81 bits per heavy atom. The molecule has 0 amide bonds. The largest absolute Gasteiger partial charge is 0.506 e. The average Bonchev–Trinajstić information content (AvgIpc) is 2.79. The van der Waals surface area contributed by atoms with Gasteiger partial charge in [-0.3, -0.25) is 9.89 Å². The zero-order chi connectivity index (χ0) is 21.2. The number of aromatic hydroxyl groups is 1. The number of hydrogen-bond donors (Lipinski definition) is 1. The molecule has 1 N–H and O–H groups in total. The van der Waals surface area contributed by atoms with E-state index in [2.05, 4.69) is 40.2 Å². The van der Waals surface area contributed by atoms with Crippen LogP contribution in [0.3, 0.4) is 0 Å². The normalized spacial score (nSPS) is 14.2. The van der Waals surface area contributed by atoms with Gasteiger partial charge in [0.2, 0.25) is 0 Å². The SMILES string of the molecule is O=c1oc2ccccc2c(O)c1C=Nc1cccc(CN2CCc3ccccc3C2)c1. The molecule has 5 nitrogen and oxygen atoms in total. The van der Waals surface area contributed by atoms with E-state index in [1.54, 1.807) is 24.3 Å². The van der Waals surface area contributed by atoms with E-state index in [9.17, 15) is 9.90 Å². The van der Waals surface area contributed by atoms with Gasteiger partial charge in [0.05, 0.1) is 11.1 Å². The minimum atomic E-state index is -0.608. The van der Waals surface area contributed by atoms with Crippen molar-refractivity contribution in [1.29, 1.82) is 0 Å². The lowest BCUT2D eigenvalue weighted by molar-refractivity contribution is 0.245. The molecule has 154 valence electrons. The summed E-state index contributed by atoms with van der Waals surface area (Å²) in [5, 5.41) is 11.0. The van der Waals surface area contributed by atoms with Crippen LogP contribution in [-0.2, 0) is 19.5 Å². The lowest BCUT2D eigenvalue weighted by Crippen LogP contribution is -2.29. The zero-order valence-corrected chi connectivity index (χ0v) is 17.0. The molecule has 2 heterocycles. The van der Waals surface area contributed by atoms with Gasteiger partial charge in [0, 0.05) is 25.8 Å². The highest BCUT2D eigenvalue weighted by molar-refractivity contribution is 5.94. The Hall–Kier alpha value is -3.70. The topological polar surface area (TPSA) is 66.0 Å². The van der Waals surface area contributed by atoms with Crippen molar-refractivity contribution in [2.75, 3.05) is 6.54 Å². The fourth-order valence-corrected chi connectivity index (χ4v) is 4.08. The van der Waals surface area contributed by atoms with Crippen LogP contribution in [0.15, 0.2) is 87.0 Å². The Morgan fingerprint density at radius 1 is 1.00 bits per heavy atom. The van der Waals surface area contributed by atoms with Crippen molar-refractivity contribution in [3.05, 3.63) is 105 Å². The van der Waals surface area contributed by atoms with Crippen molar-refractivity contribution in [3.8, 4) is 5.75 Å². The van der Waals surface area contributed by atoms with E-state index in [-0.39, 0.29) is 11.3 Å². The Labute approximate surface area is 179 Å². The van der Waals surface area contributed by atoms with Crippen molar-refractivity contribution >= 4 is 22.9 Å². The van der Waals surface area contributed by atoms with Gasteiger partial charge in [-0.05, 0) is 47.4 Å². The van der Waals surface area contributed by atoms with Crippen LogP contribution in [0.1, 0.15) is 22.3 Å². The summed E-state index contributed by atoms with van der Waals surface area (Å²) < 4.78 is 5.30. The maximum absolute atomic E-state index is 12.3. The lowest BCUT2D eigenvalue weighted by atomic mass is 9.99. The fraction of sp³-hybridized carbons (Fsp3) is 0.154. The highest BCUT2D eigenvalue weighted by Gasteiger charge is 2.16. The van der Waals surface area contributed by atoms with Crippen molar-refractivity contribution in [2.45, 2.75) is 19.5 Å². The van der Waals surface area contributed by atoms with Crippen molar-refractivity contribution in [1.82, 2.24) is 4.90 Å². The standard InChI is InChI=1S/C26H22N2O3/c29-25-22-10-3-4-11-24(22)31-26(30)23(25)15-27-21-9-5-6-18(14-21)16-28-13-12-19-7-1-2-8-20(19)17-28/h1-11,14-15,29H,12-13,16-17H2. The van der Waals surface area contributed by atoms with Crippen LogP contribution >= 0.6 is 0 Å². The Balaban J connectivity index is 1.36. The van der Waals surface area contributed by atoms with Gasteiger partial charge in [0.15, 0.2) is 0 Å². The second-order valence-electron chi connectivity index (χ2n) is 7.81. The van der Waals surface area contributed by atoms with Crippen molar-refractivity contribution in [2.24, 2.45) is 4.99 Å². The van der Waals surface area contributed by atoms with E-state index < -0.39 is 5.63 Å². The smallest absolute Gasteiger partial charge is 0.348 e. The molecule has 4 aromatic rings. The van der Waals surface area contributed by atoms with Gasteiger partial charge >= 0.3 is 5.63 Å². The molecule has 3 aromatic carbocycles. The molecule has 0 saturated heterocycles. The van der Waals surface area contributed by atoms with Gasteiger partial charge in [0.25, 0.3) is 0 Å². The highest BCUT2D eigenvalue weighted by atomic mass is 16.4. The van der Waals surface area contributed by atoms with Crippen LogP contribution < -0.4 is 5.63 Å². The molecule has 5 rings (SSSR count). The zero-order valence-electron chi connectivity index (χ0n) is 17.0. The molecule has 0 unspecified atom stereocenters. The van der Waals surface area contributed by atoms with E-state index >= 15 is 0 Å². The average molecular weight is 410 g/mol. The number of nitrogens with zero attached hydrogens (tertiary/aromatic N) is 2. The van der Waals surface area contributed by atoms with Crippen LogP contribution in [0.4, 0.5) is 5.69 Å². The number of hydrogen-bond acceptors (Lipinski definition) is 5. The number of aliphatic imine (C=N–C) groups is 1. The molecule has 0 fully saturated rings. The van der Waals surface area contributed by atoms with E-state index in [1.165, 1.54) is 17.3 Å². The number of benzene rings is 3. The molecule has 0 bridgehead atoms. The summed E-state index contributed by atoms with van der Waals surface area (Å²) >= 11 is 0. The van der Waals surface area contributed by atoms with E-state index in [0.717, 1.165) is 37.3 Å². The highest BCUT2D eigenvalue weighted by Crippen LogP contribution is 2.26. The molecule has 31 heavy (non-hydrogen) atoms. The van der Waals surface area contributed by atoms with Gasteiger partial charge in [-0.1, -0.05) is 48.5 Å². The quantitative estimate of drug-likeness (QED) is 0.387. The maximum atomic E-state index is 12.3. The molecular weight excluding hydrogens is 388 g/mol. The van der Waals surface area contributed by atoms with Crippen LogP contribution in [-0.4, -0.2) is 22.8 Å². The second kappa shape index (κ2) is 8.20. The van der Waals surface area contributed by atoms with Crippen LogP contribution in [0.25, 0.3) is 11.0 Å². The molecule has 1 aliphatic rings. The third kappa shape index (κ3) is 4.00. The summed E-state index contributed by atoms with van der Waals surface area (Å²) in [6, 6.07) is 23.4. The van der Waals surface area contributed by atoms with Gasteiger partial charge in [-0.25, -0.2) is 4.79 Å². The van der Waals surface area contributed by atoms with Crippen molar-refractivity contribution < 1.29 is 9.52 Å². The third-order valence-electron chi connectivity index (χ3n) is 5.69. The van der Waals surface area contributed by atoms with Gasteiger partial charge < -0.3 is 9.52 Å². The predicted octanol–water partition coefficient (Wildman–Crippen LogP) is 4.81. The Bertz CT molecular complexity index is 1340. The number of rotatable bonds is 4. The first-order valence-corrected chi connectivity index (χ1v) is 10.3. The van der Waals surface area contributed by atoms with Crippen LogP contribution in [0, 0.1) is 0 Å². The number of para-hydroxylation sites is 1. The Kier molecular flexibility index (Phi) is 5.10. The second-order valence-corrected chi connectivity index (χ2v) is 7.81. The fourth-order valence-electron chi connectivity index (χ4n) is 4.08. The van der Waals surface area contributed by atoms with Crippen LogP contribution in [0.2, 0.25) is 0 Å². The number of fused-ring (bicyclic) bond motifs is 2. The van der Waals surface area contributed by atoms with Crippen LogP contribution in [0.5, 0.6) is 5.75 Å². The molecule has 0 radical (unpaired) electrons. The Morgan fingerprint density at radius 3 is 2.71 bits per heavy atom. The lowest BCUT2D eigenvalue weighted by Gasteiger charge is -2.28. The maximum Gasteiger partial charge on any atom is 0.348 e. The first-order valence-electron chi connectivity index (χ1n) is 10.3. The van der Waals surface area contributed by atoms with Gasteiger partial charge in [0.1, 0.15) is 16.9 Å². The molecule has 0 saturated carbocycles. The molecule has 1 aliphatic heterocycles. The van der Waals surface area contributed by atoms with E-state index in [4.69, 9.17) is 4.42 Å². The first kappa shape index (κ1) is 19.3. The summed E-state index contributed by atoms with van der Waals surface area (Å²) in [7, 11) is 0. The van der Waals surface area contributed by atoms with Crippen molar-refractivity contribution in [3.63, 3.8) is 0 Å². The molecule has 0 atom stereocenters.